The fourth-order valence-corrected chi connectivity index (χ4v) is 2.06. The molecule has 0 spiro atoms. The third-order valence-electron chi connectivity index (χ3n) is 3.39. The Bertz CT molecular complexity index is 229. The third kappa shape index (κ3) is 7.56. The highest BCUT2D eigenvalue weighted by Gasteiger charge is 2.17. The van der Waals surface area contributed by atoms with E-state index in [0.29, 0.717) is 11.3 Å². The summed E-state index contributed by atoms with van der Waals surface area (Å²) in [5.41, 5.74) is 1.93. The minimum atomic E-state index is 0.386. The van der Waals surface area contributed by atoms with Gasteiger partial charge < -0.3 is 10.2 Å². The smallest absolute Gasteiger partial charge is 0.0192 e. The molecule has 0 atom stereocenters. The molecule has 102 valence electrons. The van der Waals surface area contributed by atoms with Gasteiger partial charge in [-0.05, 0) is 51.9 Å². The van der Waals surface area contributed by atoms with Crippen molar-refractivity contribution in [1.29, 1.82) is 0 Å². The maximum atomic E-state index is 3.27. The largest absolute Gasteiger partial charge is 0.319 e. The molecule has 0 bridgehead atoms. The van der Waals surface area contributed by atoms with Crippen LogP contribution in [0.3, 0.4) is 0 Å². The molecule has 0 amide bonds. The summed E-state index contributed by atoms with van der Waals surface area (Å²) in [7, 11) is 4.25. The second-order valence-electron chi connectivity index (χ2n) is 6.20. The van der Waals surface area contributed by atoms with E-state index in [0.717, 1.165) is 13.1 Å². The standard InChI is InChI=1S/C15H32N2/c1-8-14(13(2)3)11-17(7)10-9-15(4,5)12-16-6/h8,13,16H,9-12H2,1-7H3/b14-8+. The average Bonchev–Trinajstić information content (AvgIpc) is 2.22. The first-order valence-corrected chi connectivity index (χ1v) is 6.80. The van der Waals surface area contributed by atoms with Crippen molar-refractivity contribution in [2.24, 2.45) is 11.3 Å². The highest BCUT2D eigenvalue weighted by molar-refractivity contribution is 5.05. The molecule has 0 heterocycles. The van der Waals surface area contributed by atoms with Gasteiger partial charge in [0.1, 0.15) is 0 Å². The van der Waals surface area contributed by atoms with Crippen molar-refractivity contribution in [2.75, 3.05) is 33.7 Å². The number of hydrogen-bond donors (Lipinski definition) is 1. The first-order chi connectivity index (χ1) is 7.82. The summed E-state index contributed by atoms with van der Waals surface area (Å²) in [5, 5.41) is 3.27. The molecule has 0 unspecified atom stereocenters. The summed E-state index contributed by atoms with van der Waals surface area (Å²) in [6.45, 7) is 14.7. The zero-order valence-electron chi connectivity index (χ0n) is 12.9. The normalized spacial score (nSPS) is 13.8. The van der Waals surface area contributed by atoms with Gasteiger partial charge in [-0.1, -0.05) is 39.3 Å². The number of nitrogens with zero attached hydrogens (tertiary/aromatic N) is 1. The Hall–Kier alpha value is -0.340. The summed E-state index contributed by atoms with van der Waals surface area (Å²) in [6, 6.07) is 0. The number of likely N-dealkylation sites (N-methyl/N-ethyl adjacent to an activating group) is 1. The summed E-state index contributed by atoms with van der Waals surface area (Å²) < 4.78 is 0. The number of rotatable bonds is 8. The van der Waals surface area contributed by atoms with Crippen LogP contribution in [-0.2, 0) is 0 Å². The molecule has 0 aromatic heterocycles. The van der Waals surface area contributed by atoms with Crippen molar-refractivity contribution in [2.45, 2.75) is 41.0 Å². The van der Waals surface area contributed by atoms with Crippen molar-refractivity contribution in [3.8, 4) is 0 Å². The molecule has 1 N–H and O–H groups in total. The summed E-state index contributed by atoms with van der Waals surface area (Å²) in [4.78, 5) is 2.44. The Morgan fingerprint density at radius 1 is 1.35 bits per heavy atom. The van der Waals surface area contributed by atoms with Crippen LogP contribution in [0.25, 0.3) is 0 Å². The minimum absolute atomic E-state index is 0.386. The fourth-order valence-electron chi connectivity index (χ4n) is 2.06. The molecule has 0 aliphatic carbocycles. The van der Waals surface area contributed by atoms with Crippen LogP contribution in [0.2, 0.25) is 0 Å². The quantitative estimate of drug-likeness (QED) is 0.656. The zero-order chi connectivity index (χ0) is 13.5. The van der Waals surface area contributed by atoms with E-state index in [1.807, 2.05) is 7.05 Å². The van der Waals surface area contributed by atoms with E-state index in [4.69, 9.17) is 0 Å². The number of nitrogens with one attached hydrogen (secondary N) is 1. The SMILES string of the molecule is C/C=C(\CN(C)CCC(C)(C)CNC)C(C)C. The first-order valence-electron chi connectivity index (χ1n) is 6.80. The highest BCUT2D eigenvalue weighted by atomic mass is 15.1. The maximum Gasteiger partial charge on any atom is 0.0192 e. The van der Waals surface area contributed by atoms with Crippen molar-refractivity contribution < 1.29 is 0 Å². The van der Waals surface area contributed by atoms with E-state index < -0.39 is 0 Å². The topological polar surface area (TPSA) is 15.3 Å². The second-order valence-corrected chi connectivity index (χ2v) is 6.20. The van der Waals surface area contributed by atoms with Crippen LogP contribution in [0.4, 0.5) is 0 Å². The van der Waals surface area contributed by atoms with E-state index in [2.05, 4.69) is 58.0 Å². The number of allylic oxidation sites excluding steroid dienone is 1. The van der Waals surface area contributed by atoms with Gasteiger partial charge in [-0.3, -0.25) is 0 Å². The predicted molar refractivity (Wildman–Crippen MR) is 78.4 cm³/mol. The van der Waals surface area contributed by atoms with E-state index in [1.165, 1.54) is 13.0 Å². The van der Waals surface area contributed by atoms with Gasteiger partial charge in [0.25, 0.3) is 0 Å². The van der Waals surface area contributed by atoms with Crippen LogP contribution in [0.5, 0.6) is 0 Å². The van der Waals surface area contributed by atoms with Gasteiger partial charge in [-0.2, -0.15) is 0 Å². The van der Waals surface area contributed by atoms with Gasteiger partial charge in [0.05, 0.1) is 0 Å². The molecule has 0 saturated heterocycles. The molecule has 0 aliphatic heterocycles. The molecule has 2 heteroatoms. The molecule has 0 saturated carbocycles. The van der Waals surface area contributed by atoms with Crippen molar-refractivity contribution >= 4 is 0 Å². The third-order valence-corrected chi connectivity index (χ3v) is 3.39. The second kappa shape index (κ2) is 7.88. The Kier molecular flexibility index (Phi) is 7.73. The highest BCUT2D eigenvalue weighted by Crippen LogP contribution is 2.19. The average molecular weight is 240 g/mol. The zero-order valence-corrected chi connectivity index (χ0v) is 12.9. The summed E-state index contributed by atoms with van der Waals surface area (Å²) in [5.74, 6) is 0.660. The Morgan fingerprint density at radius 3 is 2.35 bits per heavy atom. The van der Waals surface area contributed by atoms with Crippen LogP contribution < -0.4 is 5.32 Å². The van der Waals surface area contributed by atoms with Gasteiger partial charge in [0.15, 0.2) is 0 Å². The van der Waals surface area contributed by atoms with Gasteiger partial charge in [0, 0.05) is 6.54 Å². The molecule has 0 radical (unpaired) electrons. The van der Waals surface area contributed by atoms with Gasteiger partial charge >= 0.3 is 0 Å². The van der Waals surface area contributed by atoms with Crippen molar-refractivity contribution in [1.82, 2.24) is 10.2 Å². The molecular weight excluding hydrogens is 208 g/mol. The predicted octanol–water partition coefficient (Wildman–Crippen LogP) is 3.16. The fraction of sp³-hybridized carbons (Fsp3) is 0.867. The van der Waals surface area contributed by atoms with Crippen LogP contribution in [0.15, 0.2) is 11.6 Å². The van der Waals surface area contributed by atoms with Crippen LogP contribution in [0, 0.1) is 11.3 Å². The van der Waals surface area contributed by atoms with Gasteiger partial charge in [-0.25, -0.2) is 0 Å². The Morgan fingerprint density at radius 2 is 1.94 bits per heavy atom. The Balaban J connectivity index is 4.06. The molecule has 2 nitrogen and oxygen atoms in total. The monoisotopic (exact) mass is 240 g/mol. The van der Waals surface area contributed by atoms with E-state index in [1.54, 1.807) is 5.57 Å². The first kappa shape index (κ1) is 16.7. The van der Waals surface area contributed by atoms with Crippen LogP contribution in [-0.4, -0.2) is 38.6 Å². The maximum absolute atomic E-state index is 3.27. The minimum Gasteiger partial charge on any atom is -0.319 e. The van der Waals surface area contributed by atoms with Crippen molar-refractivity contribution in [3.63, 3.8) is 0 Å². The van der Waals surface area contributed by atoms with Crippen LogP contribution >= 0.6 is 0 Å². The van der Waals surface area contributed by atoms with Gasteiger partial charge in [-0.15, -0.1) is 0 Å². The molecule has 17 heavy (non-hydrogen) atoms. The molecule has 0 fully saturated rings. The lowest BCUT2D eigenvalue weighted by atomic mass is 9.89. The van der Waals surface area contributed by atoms with E-state index >= 15 is 0 Å². The molecule has 0 aromatic rings. The molecule has 0 aliphatic rings. The molecule has 0 rings (SSSR count). The van der Waals surface area contributed by atoms with Crippen molar-refractivity contribution in [3.05, 3.63) is 11.6 Å². The summed E-state index contributed by atoms with van der Waals surface area (Å²) >= 11 is 0. The molecule has 0 aromatic carbocycles. The lowest BCUT2D eigenvalue weighted by molar-refractivity contribution is 0.252. The van der Waals surface area contributed by atoms with Crippen LogP contribution in [0.1, 0.15) is 41.0 Å². The summed E-state index contributed by atoms with van der Waals surface area (Å²) in [6.07, 6.45) is 3.50. The van der Waals surface area contributed by atoms with E-state index in [-0.39, 0.29) is 0 Å². The Labute approximate surface area is 108 Å². The number of hydrogen-bond acceptors (Lipinski definition) is 2. The lowest BCUT2D eigenvalue weighted by Gasteiger charge is -2.28. The lowest BCUT2D eigenvalue weighted by Crippen LogP contribution is -2.32. The van der Waals surface area contributed by atoms with Gasteiger partial charge in [0.2, 0.25) is 0 Å². The van der Waals surface area contributed by atoms with E-state index in [9.17, 15) is 0 Å². The molecular formula is C15H32N2.